The van der Waals surface area contributed by atoms with Gasteiger partial charge in [0.05, 0.1) is 20.8 Å². The van der Waals surface area contributed by atoms with Crippen LogP contribution in [0.1, 0.15) is 19.4 Å². The van der Waals surface area contributed by atoms with Crippen LogP contribution in [-0.4, -0.2) is 39.9 Å². The fraction of sp³-hybridized carbons (Fsp3) is 0.533. The lowest BCUT2D eigenvalue weighted by Gasteiger charge is -2.16. The van der Waals surface area contributed by atoms with Gasteiger partial charge in [0.2, 0.25) is 5.75 Å². The van der Waals surface area contributed by atoms with Crippen LogP contribution in [0.2, 0.25) is 0 Å². The number of rotatable bonds is 9. The third kappa shape index (κ3) is 5.15. The van der Waals surface area contributed by atoms with E-state index in [2.05, 4.69) is 5.32 Å². The van der Waals surface area contributed by atoms with Crippen molar-refractivity contribution in [2.45, 2.75) is 20.4 Å². The van der Waals surface area contributed by atoms with Crippen LogP contribution in [0.4, 0.5) is 0 Å². The molecule has 1 N–H and O–H groups in total. The van der Waals surface area contributed by atoms with Gasteiger partial charge in [-0.25, -0.2) is 4.79 Å². The summed E-state index contributed by atoms with van der Waals surface area (Å²) in [7, 11) is 3.09. The lowest BCUT2D eigenvalue weighted by Crippen LogP contribution is -2.16. The second kappa shape index (κ2) is 9.07. The van der Waals surface area contributed by atoms with Crippen LogP contribution in [0.25, 0.3) is 0 Å². The minimum absolute atomic E-state index is 0.187. The number of hydrogen-bond donors (Lipinski definition) is 1. The third-order valence-corrected chi connectivity index (χ3v) is 2.74. The van der Waals surface area contributed by atoms with Crippen molar-refractivity contribution in [1.82, 2.24) is 5.32 Å². The summed E-state index contributed by atoms with van der Waals surface area (Å²) in [6.45, 7) is 5.47. The van der Waals surface area contributed by atoms with Gasteiger partial charge in [-0.05, 0) is 31.2 Å². The van der Waals surface area contributed by atoms with E-state index in [9.17, 15) is 4.79 Å². The normalized spacial score (nSPS) is 10.1. The summed E-state index contributed by atoms with van der Waals surface area (Å²) in [5.41, 5.74) is 1.01. The largest absolute Gasteiger partial charge is 0.493 e. The molecule has 0 amide bonds. The van der Waals surface area contributed by atoms with Crippen molar-refractivity contribution in [2.24, 2.45) is 0 Å². The zero-order valence-electron chi connectivity index (χ0n) is 13.0. The van der Waals surface area contributed by atoms with Crippen molar-refractivity contribution in [2.75, 3.05) is 34.0 Å². The highest BCUT2D eigenvalue weighted by atomic mass is 16.6. The first-order valence-corrected chi connectivity index (χ1v) is 6.90. The molecule has 0 heterocycles. The molecule has 0 spiro atoms. The molecule has 21 heavy (non-hydrogen) atoms. The van der Waals surface area contributed by atoms with Gasteiger partial charge in [-0.1, -0.05) is 6.92 Å². The quantitative estimate of drug-likeness (QED) is 0.701. The zero-order valence-corrected chi connectivity index (χ0v) is 13.0. The molecule has 1 aromatic rings. The van der Waals surface area contributed by atoms with E-state index in [1.54, 1.807) is 21.1 Å². The van der Waals surface area contributed by atoms with Gasteiger partial charge in [-0.3, -0.25) is 0 Å². The van der Waals surface area contributed by atoms with E-state index < -0.39 is 5.97 Å². The SMILES string of the molecule is CCNCc1cc(OC)c(OCC(=O)OCC)c(OC)c1. The smallest absolute Gasteiger partial charge is 0.344 e. The van der Waals surface area contributed by atoms with Gasteiger partial charge in [0.1, 0.15) is 0 Å². The number of carbonyl (C=O) groups excluding carboxylic acids is 1. The van der Waals surface area contributed by atoms with E-state index in [-0.39, 0.29) is 6.61 Å². The molecular weight excluding hydrogens is 274 g/mol. The molecule has 118 valence electrons. The van der Waals surface area contributed by atoms with E-state index >= 15 is 0 Å². The molecule has 6 heteroatoms. The number of carbonyl (C=O) groups is 1. The zero-order chi connectivity index (χ0) is 15.7. The van der Waals surface area contributed by atoms with E-state index in [0.717, 1.165) is 12.1 Å². The Morgan fingerprint density at radius 1 is 1.14 bits per heavy atom. The average Bonchev–Trinajstić information content (AvgIpc) is 2.50. The van der Waals surface area contributed by atoms with Gasteiger partial charge >= 0.3 is 5.97 Å². The van der Waals surface area contributed by atoms with E-state index in [1.807, 2.05) is 19.1 Å². The van der Waals surface area contributed by atoms with Crippen LogP contribution < -0.4 is 19.5 Å². The lowest BCUT2D eigenvalue weighted by atomic mass is 10.1. The highest BCUT2D eigenvalue weighted by molar-refractivity contribution is 5.71. The molecular formula is C15H23NO5. The Kier molecular flexibility index (Phi) is 7.39. The maximum atomic E-state index is 11.4. The Bertz CT molecular complexity index is 436. The monoisotopic (exact) mass is 297 g/mol. The predicted molar refractivity (Wildman–Crippen MR) is 79.1 cm³/mol. The summed E-state index contributed by atoms with van der Waals surface area (Å²) in [6.07, 6.45) is 0. The third-order valence-electron chi connectivity index (χ3n) is 2.74. The summed E-state index contributed by atoms with van der Waals surface area (Å²) in [5, 5.41) is 3.23. The number of nitrogens with one attached hydrogen (secondary N) is 1. The van der Waals surface area contributed by atoms with E-state index in [1.165, 1.54) is 0 Å². The maximum absolute atomic E-state index is 11.4. The van der Waals surface area contributed by atoms with Gasteiger partial charge in [-0.2, -0.15) is 0 Å². The van der Waals surface area contributed by atoms with Crippen LogP contribution in [0, 0.1) is 0 Å². The number of esters is 1. The average molecular weight is 297 g/mol. The summed E-state index contributed by atoms with van der Waals surface area (Å²) in [4.78, 5) is 11.4. The number of hydrogen-bond acceptors (Lipinski definition) is 6. The molecule has 0 fully saturated rings. The van der Waals surface area contributed by atoms with Crippen molar-refractivity contribution < 1.29 is 23.7 Å². The van der Waals surface area contributed by atoms with Gasteiger partial charge in [0.15, 0.2) is 18.1 Å². The number of methoxy groups -OCH3 is 2. The Morgan fingerprint density at radius 3 is 2.24 bits per heavy atom. The molecule has 1 aromatic carbocycles. The van der Waals surface area contributed by atoms with Crippen molar-refractivity contribution in [3.8, 4) is 17.2 Å². The summed E-state index contributed by atoms with van der Waals surface area (Å²) in [5.74, 6) is 1.00. The Hall–Kier alpha value is -1.95. The van der Waals surface area contributed by atoms with Gasteiger partial charge in [0, 0.05) is 6.54 Å². The second-order valence-corrected chi connectivity index (χ2v) is 4.20. The molecule has 0 saturated heterocycles. The molecule has 0 aliphatic heterocycles. The Morgan fingerprint density at radius 2 is 1.76 bits per heavy atom. The molecule has 0 bridgehead atoms. The molecule has 0 aliphatic rings. The molecule has 1 rings (SSSR count). The molecule has 0 aliphatic carbocycles. The maximum Gasteiger partial charge on any atom is 0.344 e. The molecule has 6 nitrogen and oxygen atoms in total. The second-order valence-electron chi connectivity index (χ2n) is 4.20. The van der Waals surface area contributed by atoms with Gasteiger partial charge in [-0.15, -0.1) is 0 Å². The minimum Gasteiger partial charge on any atom is -0.493 e. The Balaban J connectivity index is 2.92. The summed E-state index contributed by atoms with van der Waals surface area (Å²) in [6, 6.07) is 3.71. The fourth-order valence-electron chi connectivity index (χ4n) is 1.78. The summed E-state index contributed by atoms with van der Waals surface area (Å²) >= 11 is 0. The highest BCUT2D eigenvalue weighted by Crippen LogP contribution is 2.38. The molecule has 0 saturated carbocycles. The van der Waals surface area contributed by atoms with Gasteiger partial charge in [0.25, 0.3) is 0 Å². The van der Waals surface area contributed by atoms with E-state index in [4.69, 9.17) is 18.9 Å². The van der Waals surface area contributed by atoms with Crippen LogP contribution in [0.3, 0.4) is 0 Å². The van der Waals surface area contributed by atoms with Gasteiger partial charge < -0.3 is 24.3 Å². The lowest BCUT2D eigenvalue weighted by molar-refractivity contribution is -0.145. The topological polar surface area (TPSA) is 66.0 Å². The predicted octanol–water partition coefficient (Wildman–Crippen LogP) is 1.76. The number of benzene rings is 1. The van der Waals surface area contributed by atoms with Crippen molar-refractivity contribution in [1.29, 1.82) is 0 Å². The van der Waals surface area contributed by atoms with Crippen molar-refractivity contribution in [3.63, 3.8) is 0 Å². The van der Waals surface area contributed by atoms with Crippen LogP contribution in [-0.2, 0) is 16.1 Å². The van der Waals surface area contributed by atoms with Crippen molar-refractivity contribution in [3.05, 3.63) is 17.7 Å². The first kappa shape index (κ1) is 17.1. The van der Waals surface area contributed by atoms with Crippen LogP contribution in [0.5, 0.6) is 17.2 Å². The molecule has 0 aromatic heterocycles. The molecule has 0 unspecified atom stereocenters. The van der Waals surface area contributed by atoms with E-state index in [0.29, 0.717) is 30.4 Å². The standard InChI is InChI=1S/C15H23NO5/c1-5-16-9-11-7-12(18-3)15(13(8-11)19-4)21-10-14(17)20-6-2/h7-8,16H,5-6,9-10H2,1-4H3. The first-order valence-electron chi connectivity index (χ1n) is 6.90. The number of ether oxygens (including phenoxy) is 4. The molecule has 0 radical (unpaired) electrons. The first-order chi connectivity index (χ1) is 10.2. The van der Waals surface area contributed by atoms with Crippen LogP contribution >= 0.6 is 0 Å². The summed E-state index contributed by atoms with van der Waals surface area (Å²) < 4.78 is 20.9. The minimum atomic E-state index is -0.432. The highest BCUT2D eigenvalue weighted by Gasteiger charge is 2.16. The molecule has 0 atom stereocenters. The van der Waals surface area contributed by atoms with Crippen LogP contribution in [0.15, 0.2) is 12.1 Å². The Labute approximate surface area is 125 Å². The fourth-order valence-corrected chi connectivity index (χ4v) is 1.78. The van der Waals surface area contributed by atoms with Crippen molar-refractivity contribution >= 4 is 5.97 Å².